The number of benzene rings is 3. The maximum atomic E-state index is 14.1. The molecule has 0 aliphatic rings. The highest BCUT2D eigenvalue weighted by Gasteiger charge is 2.33. The molecule has 3 aromatic rings. The average Bonchev–Trinajstić information content (AvgIpc) is 2.95. The number of amides is 2. The minimum atomic E-state index is -1.18. The first-order valence-corrected chi connectivity index (χ1v) is 12.2. The van der Waals surface area contributed by atoms with Gasteiger partial charge in [0.25, 0.3) is 0 Å². The monoisotopic (exact) mass is 514 g/mol. The molecule has 0 unspecified atom stereocenters. The molecular weight excluding hydrogens is 480 g/mol. The molecule has 0 aromatic heterocycles. The van der Waals surface area contributed by atoms with Gasteiger partial charge >= 0.3 is 6.09 Å². The standard InChI is InChI=1S/C31H34N2O5/c1-5-12-28(33(31(35)36)21-24-13-8-6-9-14-24)30(34)32(20-23(2)25-15-10-7-11-16-25)22-26-17-18-27(37-3)19-29(26)38-4/h5-11,13-19,28H,1-2,12,20-22H2,3-4H3,(H,35,36)/t28-/m1/s1. The normalized spacial score (nSPS) is 11.2. The van der Waals surface area contributed by atoms with Crippen molar-refractivity contribution in [3.05, 3.63) is 115 Å². The Morgan fingerprint density at radius 1 is 0.947 bits per heavy atom. The van der Waals surface area contributed by atoms with E-state index < -0.39 is 12.1 Å². The van der Waals surface area contributed by atoms with Crippen molar-refractivity contribution in [1.82, 2.24) is 9.80 Å². The van der Waals surface area contributed by atoms with Crippen LogP contribution < -0.4 is 9.47 Å². The van der Waals surface area contributed by atoms with Crippen molar-refractivity contribution in [3.8, 4) is 11.5 Å². The Labute approximate surface area is 224 Å². The molecule has 0 heterocycles. The van der Waals surface area contributed by atoms with Gasteiger partial charge in [-0.15, -0.1) is 6.58 Å². The number of carbonyl (C=O) groups is 2. The van der Waals surface area contributed by atoms with Crippen LogP contribution in [0, 0.1) is 0 Å². The van der Waals surface area contributed by atoms with E-state index in [0.717, 1.165) is 22.3 Å². The van der Waals surface area contributed by atoms with Gasteiger partial charge in [0.15, 0.2) is 0 Å². The second kappa shape index (κ2) is 13.7. The maximum Gasteiger partial charge on any atom is 0.408 e. The summed E-state index contributed by atoms with van der Waals surface area (Å²) in [5.74, 6) is 0.840. The van der Waals surface area contributed by atoms with Crippen LogP contribution in [0.4, 0.5) is 4.79 Å². The highest BCUT2D eigenvalue weighted by atomic mass is 16.5. The van der Waals surface area contributed by atoms with Gasteiger partial charge < -0.3 is 19.5 Å². The fourth-order valence-electron chi connectivity index (χ4n) is 4.22. The summed E-state index contributed by atoms with van der Waals surface area (Å²) in [6.07, 6.45) is 0.547. The van der Waals surface area contributed by atoms with Crippen LogP contribution in [0.2, 0.25) is 0 Å². The van der Waals surface area contributed by atoms with Crippen molar-refractivity contribution in [3.63, 3.8) is 0 Å². The number of carboxylic acid groups (broad SMARTS) is 1. The summed E-state index contributed by atoms with van der Waals surface area (Å²) in [7, 11) is 3.13. The fourth-order valence-corrected chi connectivity index (χ4v) is 4.22. The molecule has 0 aliphatic carbocycles. The van der Waals surface area contributed by atoms with Gasteiger partial charge in [-0.1, -0.05) is 73.3 Å². The molecule has 0 aliphatic heterocycles. The number of nitrogens with zero attached hydrogens (tertiary/aromatic N) is 2. The van der Waals surface area contributed by atoms with Gasteiger partial charge in [0.1, 0.15) is 17.5 Å². The van der Waals surface area contributed by atoms with Crippen molar-refractivity contribution in [1.29, 1.82) is 0 Å². The van der Waals surface area contributed by atoms with Gasteiger partial charge in [-0.3, -0.25) is 9.69 Å². The lowest BCUT2D eigenvalue weighted by atomic mass is 10.0. The molecule has 3 rings (SSSR count). The molecule has 2 amide bonds. The van der Waals surface area contributed by atoms with E-state index in [9.17, 15) is 14.7 Å². The zero-order chi connectivity index (χ0) is 27.5. The van der Waals surface area contributed by atoms with Crippen LogP contribution in [0.25, 0.3) is 5.57 Å². The molecule has 3 aromatic carbocycles. The number of carbonyl (C=O) groups excluding carboxylic acids is 1. The largest absolute Gasteiger partial charge is 0.497 e. The zero-order valence-electron chi connectivity index (χ0n) is 21.9. The second-order valence-electron chi connectivity index (χ2n) is 8.78. The number of methoxy groups -OCH3 is 2. The Morgan fingerprint density at radius 3 is 2.18 bits per heavy atom. The van der Waals surface area contributed by atoms with Gasteiger partial charge in [0.05, 0.1) is 14.2 Å². The third-order valence-electron chi connectivity index (χ3n) is 6.22. The van der Waals surface area contributed by atoms with Crippen molar-refractivity contribution in [2.75, 3.05) is 20.8 Å². The van der Waals surface area contributed by atoms with E-state index in [-0.39, 0.29) is 32.0 Å². The summed E-state index contributed by atoms with van der Waals surface area (Å²) in [5, 5.41) is 10.1. The van der Waals surface area contributed by atoms with Crippen LogP contribution in [0.5, 0.6) is 11.5 Å². The van der Waals surface area contributed by atoms with E-state index in [0.29, 0.717) is 11.5 Å². The third kappa shape index (κ3) is 7.26. The summed E-state index contributed by atoms with van der Waals surface area (Å²) in [6.45, 7) is 8.46. The van der Waals surface area contributed by atoms with Crippen molar-refractivity contribution < 1.29 is 24.2 Å². The highest BCUT2D eigenvalue weighted by Crippen LogP contribution is 2.28. The van der Waals surface area contributed by atoms with Crippen LogP contribution in [0.1, 0.15) is 23.1 Å². The number of ether oxygens (including phenoxy) is 2. The predicted molar refractivity (Wildman–Crippen MR) is 149 cm³/mol. The molecular formula is C31H34N2O5. The Morgan fingerprint density at radius 2 is 1.61 bits per heavy atom. The van der Waals surface area contributed by atoms with Gasteiger partial charge in [-0.2, -0.15) is 0 Å². The topological polar surface area (TPSA) is 79.3 Å². The Balaban J connectivity index is 1.99. The van der Waals surface area contributed by atoms with Crippen LogP contribution in [0.3, 0.4) is 0 Å². The molecule has 1 N–H and O–H groups in total. The van der Waals surface area contributed by atoms with Gasteiger partial charge in [-0.05, 0) is 35.3 Å². The number of hydrogen-bond donors (Lipinski definition) is 1. The van der Waals surface area contributed by atoms with Gasteiger partial charge in [0, 0.05) is 31.3 Å². The molecule has 0 bridgehead atoms. The molecule has 0 radical (unpaired) electrons. The highest BCUT2D eigenvalue weighted by molar-refractivity contribution is 5.87. The van der Waals surface area contributed by atoms with Crippen LogP contribution in [-0.2, 0) is 17.9 Å². The smallest absolute Gasteiger partial charge is 0.408 e. The zero-order valence-corrected chi connectivity index (χ0v) is 21.9. The van der Waals surface area contributed by atoms with Crippen LogP contribution >= 0.6 is 0 Å². The Hall–Kier alpha value is -4.52. The van der Waals surface area contributed by atoms with E-state index in [1.807, 2.05) is 66.7 Å². The molecule has 0 fully saturated rings. The number of hydrogen-bond acceptors (Lipinski definition) is 4. The molecule has 0 saturated carbocycles. The van der Waals surface area contributed by atoms with Crippen molar-refractivity contribution >= 4 is 17.6 Å². The van der Waals surface area contributed by atoms with Crippen LogP contribution in [-0.4, -0.2) is 53.7 Å². The van der Waals surface area contributed by atoms with Crippen molar-refractivity contribution in [2.24, 2.45) is 0 Å². The lowest BCUT2D eigenvalue weighted by molar-refractivity contribution is -0.136. The summed E-state index contributed by atoms with van der Waals surface area (Å²) in [6, 6.07) is 23.2. The summed E-state index contributed by atoms with van der Waals surface area (Å²) < 4.78 is 10.9. The molecule has 0 saturated heterocycles. The van der Waals surface area contributed by atoms with Crippen LogP contribution in [0.15, 0.2) is 98.1 Å². The van der Waals surface area contributed by atoms with E-state index in [1.165, 1.54) is 4.90 Å². The second-order valence-corrected chi connectivity index (χ2v) is 8.78. The SMILES string of the molecule is C=CC[C@H](C(=O)N(CC(=C)c1ccccc1)Cc1ccc(OC)cc1OC)N(Cc1ccccc1)C(=O)O. The summed E-state index contributed by atoms with van der Waals surface area (Å²) in [5.41, 5.74) is 3.17. The average molecular weight is 515 g/mol. The molecule has 38 heavy (non-hydrogen) atoms. The first kappa shape index (κ1) is 28.1. The molecule has 1 atom stereocenters. The number of rotatable bonds is 13. The molecule has 7 heteroatoms. The first-order chi connectivity index (χ1) is 18.4. The minimum absolute atomic E-state index is 0.0692. The van der Waals surface area contributed by atoms with Crippen molar-refractivity contribution in [2.45, 2.75) is 25.6 Å². The maximum absolute atomic E-state index is 14.1. The quantitative estimate of drug-likeness (QED) is 0.289. The molecule has 7 nitrogen and oxygen atoms in total. The first-order valence-electron chi connectivity index (χ1n) is 12.2. The third-order valence-corrected chi connectivity index (χ3v) is 6.22. The van der Waals surface area contributed by atoms with Gasteiger partial charge in [-0.25, -0.2) is 4.79 Å². The molecule has 198 valence electrons. The molecule has 0 spiro atoms. The Bertz CT molecular complexity index is 1240. The van der Waals surface area contributed by atoms with Gasteiger partial charge in [0.2, 0.25) is 5.91 Å². The summed E-state index contributed by atoms with van der Waals surface area (Å²) >= 11 is 0. The lowest BCUT2D eigenvalue weighted by Gasteiger charge is -2.33. The summed E-state index contributed by atoms with van der Waals surface area (Å²) in [4.78, 5) is 29.3. The van der Waals surface area contributed by atoms with E-state index in [4.69, 9.17) is 9.47 Å². The van der Waals surface area contributed by atoms with E-state index >= 15 is 0 Å². The Kier molecular flexibility index (Phi) is 10.1. The predicted octanol–water partition coefficient (Wildman–Crippen LogP) is 5.87. The fraction of sp³-hybridized carbons (Fsp3) is 0.226. The van der Waals surface area contributed by atoms with E-state index in [2.05, 4.69) is 13.2 Å². The van der Waals surface area contributed by atoms with E-state index in [1.54, 1.807) is 37.3 Å². The lowest BCUT2D eigenvalue weighted by Crippen LogP contribution is -2.50. The minimum Gasteiger partial charge on any atom is -0.497 e.